The Balaban J connectivity index is 1.69. The normalized spacial score (nSPS) is 13.5. The van der Waals surface area contributed by atoms with Crippen molar-refractivity contribution in [2.75, 3.05) is 25.5 Å². The lowest BCUT2D eigenvalue weighted by atomic mass is 10.3. The van der Waals surface area contributed by atoms with Crippen molar-refractivity contribution in [2.45, 2.75) is 19.4 Å². The van der Waals surface area contributed by atoms with Gasteiger partial charge in [0, 0.05) is 24.8 Å². The van der Waals surface area contributed by atoms with Gasteiger partial charge in [0.25, 0.3) is 11.5 Å². The summed E-state index contributed by atoms with van der Waals surface area (Å²) in [6.45, 7) is 1.11. The molecule has 1 saturated heterocycles. The number of anilines is 1. The molecule has 0 spiro atoms. The van der Waals surface area contributed by atoms with Crippen LogP contribution in [0.4, 0.5) is 5.69 Å². The molecule has 2 heterocycles. The van der Waals surface area contributed by atoms with Crippen LogP contribution in [0.25, 0.3) is 0 Å². The van der Waals surface area contributed by atoms with Gasteiger partial charge in [0.1, 0.15) is 18.0 Å². The van der Waals surface area contributed by atoms with Gasteiger partial charge >= 0.3 is 0 Å². The van der Waals surface area contributed by atoms with Crippen LogP contribution in [0.5, 0.6) is 5.75 Å². The maximum atomic E-state index is 12.4. The highest BCUT2D eigenvalue weighted by atomic mass is 16.5. The minimum Gasteiger partial charge on any atom is -0.497 e. The number of methoxy groups -OCH3 is 1. The molecule has 1 aromatic heterocycles. The Kier molecular flexibility index (Phi) is 5.31. The summed E-state index contributed by atoms with van der Waals surface area (Å²) in [7, 11) is 1.56. The van der Waals surface area contributed by atoms with Crippen LogP contribution in [0.1, 0.15) is 23.3 Å². The average molecular weight is 356 g/mol. The first-order chi connectivity index (χ1) is 12.6. The summed E-state index contributed by atoms with van der Waals surface area (Å²) in [6, 6.07) is 9.49. The molecule has 0 atom stereocenters. The highest BCUT2D eigenvalue weighted by molar-refractivity contribution is 5.92. The van der Waals surface area contributed by atoms with Crippen LogP contribution in [0.15, 0.2) is 41.2 Å². The second-order valence-corrected chi connectivity index (χ2v) is 5.99. The highest BCUT2D eigenvalue weighted by Crippen LogP contribution is 2.15. The Labute approximate surface area is 150 Å². The van der Waals surface area contributed by atoms with Gasteiger partial charge in [-0.05, 0) is 43.2 Å². The van der Waals surface area contributed by atoms with Crippen molar-refractivity contribution in [1.29, 1.82) is 0 Å². The lowest BCUT2D eigenvalue weighted by molar-refractivity contribution is -0.117. The lowest BCUT2D eigenvalue weighted by Gasteiger charge is -2.15. The number of benzene rings is 1. The van der Waals surface area contributed by atoms with Crippen LogP contribution < -0.4 is 15.6 Å². The van der Waals surface area contributed by atoms with E-state index < -0.39 is 11.5 Å². The predicted molar refractivity (Wildman–Crippen MR) is 95.3 cm³/mol. The Morgan fingerprint density at radius 1 is 1.12 bits per heavy atom. The average Bonchev–Trinajstić information content (AvgIpc) is 3.18. The number of likely N-dealkylation sites (tertiary alicyclic amines) is 1. The molecule has 26 heavy (non-hydrogen) atoms. The minimum absolute atomic E-state index is 0.170. The molecular formula is C18H20N4O4. The molecule has 0 saturated carbocycles. The van der Waals surface area contributed by atoms with Crippen molar-refractivity contribution in [3.8, 4) is 5.75 Å². The standard InChI is InChI=1S/C18H20N4O4/c1-26-14-6-4-13(5-7-14)19-16(23)12-22-17(24)9-8-15(20-22)18(25)21-10-2-3-11-21/h4-9H,2-3,10-12H2,1H3,(H,19,23). The molecule has 3 rings (SSSR count). The highest BCUT2D eigenvalue weighted by Gasteiger charge is 2.21. The Hall–Kier alpha value is -3.16. The summed E-state index contributed by atoms with van der Waals surface area (Å²) in [6.07, 6.45) is 1.94. The quantitative estimate of drug-likeness (QED) is 0.867. The number of carbonyl (C=O) groups excluding carboxylic acids is 2. The van der Waals surface area contributed by atoms with E-state index in [0.29, 0.717) is 24.5 Å². The molecule has 8 nitrogen and oxygen atoms in total. The summed E-state index contributed by atoms with van der Waals surface area (Å²) < 4.78 is 6.06. The van der Waals surface area contributed by atoms with Crippen molar-refractivity contribution < 1.29 is 14.3 Å². The molecule has 136 valence electrons. The van der Waals surface area contributed by atoms with E-state index in [2.05, 4.69) is 10.4 Å². The van der Waals surface area contributed by atoms with Crippen LogP contribution in [0, 0.1) is 0 Å². The fourth-order valence-electron chi connectivity index (χ4n) is 2.77. The molecule has 1 fully saturated rings. The minimum atomic E-state index is -0.437. The summed E-state index contributed by atoms with van der Waals surface area (Å²) in [5.41, 5.74) is 0.310. The fraction of sp³-hybridized carbons (Fsp3) is 0.333. The SMILES string of the molecule is COc1ccc(NC(=O)Cn2nc(C(=O)N3CCCC3)ccc2=O)cc1. The Bertz CT molecular complexity index is 854. The van der Waals surface area contributed by atoms with Crippen molar-refractivity contribution >= 4 is 17.5 Å². The molecule has 0 aliphatic carbocycles. The molecule has 8 heteroatoms. The van der Waals surface area contributed by atoms with Crippen LogP contribution in [-0.4, -0.2) is 46.7 Å². The van der Waals surface area contributed by atoms with E-state index in [1.807, 2.05) is 0 Å². The van der Waals surface area contributed by atoms with E-state index in [9.17, 15) is 14.4 Å². The molecular weight excluding hydrogens is 336 g/mol. The number of ether oxygens (including phenoxy) is 1. The molecule has 1 aliphatic heterocycles. The number of carbonyl (C=O) groups is 2. The van der Waals surface area contributed by atoms with Crippen molar-refractivity contribution in [3.63, 3.8) is 0 Å². The smallest absolute Gasteiger partial charge is 0.274 e. The van der Waals surface area contributed by atoms with Crippen molar-refractivity contribution in [1.82, 2.24) is 14.7 Å². The molecule has 0 bridgehead atoms. The second kappa shape index (κ2) is 7.81. The topological polar surface area (TPSA) is 93.5 Å². The van der Waals surface area contributed by atoms with Gasteiger partial charge in [0.2, 0.25) is 5.91 Å². The Morgan fingerprint density at radius 3 is 2.46 bits per heavy atom. The number of hydrogen-bond acceptors (Lipinski definition) is 5. The molecule has 0 unspecified atom stereocenters. The molecule has 1 N–H and O–H groups in total. The largest absolute Gasteiger partial charge is 0.497 e. The van der Waals surface area contributed by atoms with Crippen molar-refractivity contribution in [2.24, 2.45) is 0 Å². The fourth-order valence-corrected chi connectivity index (χ4v) is 2.77. The van der Waals surface area contributed by atoms with E-state index >= 15 is 0 Å². The third-order valence-corrected chi connectivity index (χ3v) is 4.15. The third kappa shape index (κ3) is 4.08. The van der Waals surface area contributed by atoms with Gasteiger partial charge in [0.15, 0.2) is 0 Å². The third-order valence-electron chi connectivity index (χ3n) is 4.15. The van der Waals surface area contributed by atoms with E-state index in [1.165, 1.54) is 12.1 Å². The zero-order chi connectivity index (χ0) is 18.5. The predicted octanol–water partition coefficient (Wildman–Crippen LogP) is 1.13. The van der Waals surface area contributed by atoms with E-state index in [1.54, 1.807) is 36.3 Å². The van der Waals surface area contributed by atoms with Gasteiger partial charge in [-0.3, -0.25) is 14.4 Å². The maximum absolute atomic E-state index is 12.4. The molecule has 2 aromatic rings. The summed E-state index contributed by atoms with van der Waals surface area (Å²) in [5.74, 6) is 0.0522. The van der Waals surface area contributed by atoms with Crippen LogP contribution in [-0.2, 0) is 11.3 Å². The van der Waals surface area contributed by atoms with Gasteiger partial charge in [-0.25, -0.2) is 4.68 Å². The molecule has 1 aromatic carbocycles. The van der Waals surface area contributed by atoms with Gasteiger partial charge in [0.05, 0.1) is 7.11 Å². The summed E-state index contributed by atoms with van der Waals surface area (Å²) >= 11 is 0. The zero-order valence-electron chi connectivity index (χ0n) is 14.5. The van der Waals surface area contributed by atoms with Gasteiger partial charge in [-0.1, -0.05) is 0 Å². The second-order valence-electron chi connectivity index (χ2n) is 5.99. The van der Waals surface area contributed by atoms with Crippen molar-refractivity contribution in [3.05, 3.63) is 52.4 Å². The number of nitrogens with zero attached hydrogens (tertiary/aromatic N) is 3. The van der Waals surface area contributed by atoms with Crippen LogP contribution in [0.2, 0.25) is 0 Å². The van der Waals surface area contributed by atoms with E-state index in [-0.39, 0.29) is 18.1 Å². The van der Waals surface area contributed by atoms with Crippen LogP contribution in [0.3, 0.4) is 0 Å². The first-order valence-corrected chi connectivity index (χ1v) is 8.38. The number of amides is 2. The maximum Gasteiger partial charge on any atom is 0.274 e. The number of nitrogens with one attached hydrogen (secondary N) is 1. The number of rotatable bonds is 5. The first kappa shape index (κ1) is 17.7. The summed E-state index contributed by atoms with van der Waals surface area (Å²) in [4.78, 5) is 38.2. The molecule has 1 aliphatic rings. The zero-order valence-corrected chi connectivity index (χ0v) is 14.5. The van der Waals surface area contributed by atoms with Gasteiger partial charge in [-0.2, -0.15) is 5.10 Å². The number of hydrogen-bond donors (Lipinski definition) is 1. The van der Waals surface area contributed by atoms with E-state index in [4.69, 9.17) is 4.74 Å². The lowest BCUT2D eigenvalue weighted by Crippen LogP contribution is -2.34. The molecule has 2 amide bonds. The van der Waals surface area contributed by atoms with Gasteiger partial charge in [-0.15, -0.1) is 0 Å². The van der Waals surface area contributed by atoms with Crippen LogP contribution >= 0.6 is 0 Å². The summed E-state index contributed by atoms with van der Waals surface area (Å²) in [5, 5.41) is 6.74. The van der Waals surface area contributed by atoms with E-state index in [0.717, 1.165) is 17.5 Å². The monoisotopic (exact) mass is 356 g/mol. The Morgan fingerprint density at radius 2 is 1.81 bits per heavy atom. The first-order valence-electron chi connectivity index (χ1n) is 8.38. The number of aromatic nitrogens is 2. The molecule has 0 radical (unpaired) electrons. The van der Waals surface area contributed by atoms with Gasteiger partial charge < -0.3 is 15.0 Å².